The number of nitrogens with zero attached hydrogens (tertiary/aromatic N) is 1. The van der Waals surface area contributed by atoms with Crippen LogP contribution in [0.3, 0.4) is 0 Å². The fraction of sp³-hybridized carbons (Fsp3) is 0.400. The monoisotopic (exact) mass is 259 g/mol. The van der Waals surface area contributed by atoms with E-state index in [-0.39, 0.29) is 0 Å². The van der Waals surface area contributed by atoms with E-state index in [0.717, 1.165) is 42.3 Å². The van der Waals surface area contributed by atoms with Gasteiger partial charge in [0.05, 0.1) is 12.3 Å². The lowest BCUT2D eigenvalue weighted by molar-refractivity contribution is 0.317. The zero-order valence-corrected chi connectivity index (χ0v) is 11.8. The lowest BCUT2D eigenvalue weighted by atomic mass is 10.1. The van der Waals surface area contributed by atoms with Crippen LogP contribution in [0, 0.1) is 6.92 Å². The van der Waals surface area contributed by atoms with Crippen molar-refractivity contribution in [1.29, 1.82) is 0 Å². The Morgan fingerprint density at radius 2 is 2.00 bits per heavy atom. The summed E-state index contributed by atoms with van der Waals surface area (Å²) in [6.45, 7) is 5.71. The Labute approximate surface area is 114 Å². The Kier molecular flexibility index (Phi) is 4.58. The number of hydrogen-bond donors (Lipinski definition) is 2. The van der Waals surface area contributed by atoms with Gasteiger partial charge in [-0.1, -0.05) is 6.92 Å². The van der Waals surface area contributed by atoms with E-state index in [1.54, 1.807) is 0 Å². The lowest BCUT2D eigenvalue weighted by Gasteiger charge is -2.06. The maximum Gasteiger partial charge on any atom is 0.119 e. The molecular formula is C15H21N3O. The highest BCUT2D eigenvalue weighted by Gasteiger charge is 2.11. The highest BCUT2D eigenvalue weighted by atomic mass is 16.5. The van der Waals surface area contributed by atoms with Gasteiger partial charge in [0.2, 0.25) is 0 Å². The molecular weight excluding hydrogens is 238 g/mol. The minimum absolute atomic E-state index is 0.756. The van der Waals surface area contributed by atoms with E-state index in [1.807, 2.05) is 26.1 Å². The molecule has 0 radical (unpaired) electrons. The molecule has 1 heterocycles. The summed E-state index contributed by atoms with van der Waals surface area (Å²) in [7, 11) is 1.94. The van der Waals surface area contributed by atoms with Gasteiger partial charge in [-0.05, 0) is 44.7 Å². The molecule has 0 atom stereocenters. The molecule has 4 nitrogen and oxygen atoms in total. The first kappa shape index (κ1) is 13.6. The molecule has 0 spiro atoms. The van der Waals surface area contributed by atoms with Crippen LogP contribution in [-0.2, 0) is 6.54 Å². The van der Waals surface area contributed by atoms with Crippen molar-refractivity contribution < 1.29 is 4.74 Å². The molecule has 2 rings (SSSR count). The zero-order valence-electron chi connectivity index (χ0n) is 11.8. The van der Waals surface area contributed by atoms with Crippen LogP contribution in [0.4, 0.5) is 0 Å². The minimum Gasteiger partial charge on any atom is -0.494 e. The molecule has 0 unspecified atom stereocenters. The van der Waals surface area contributed by atoms with Crippen molar-refractivity contribution in [2.24, 2.45) is 0 Å². The fourth-order valence-electron chi connectivity index (χ4n) is 2.01. The summed E-state index contributed by atoms with van der Waals surface area (Å²) in [5.41, 5.74) is 4.44. The first-order valence-electron chi connectivity index (χ1n) is 6.68. The highest BCUT2D eigenvalue weighted by molar-refractivity contribution is 5.64. The number of H-pyrrole nitrogens is 1. The second-order valence-corrected chi connectivity index (χ2v) is 4.58. The summed E-state index contributed by atoms with van der Waals surface area (Å²) in [4.78, 5) is 0. The number of ether oxygens (including phenoxy) is 1. The van der Waals surface area contributed by atoms with Crippen molar-refractivity contribution in [3.63, 3.8) is 0 Å². The van der Waals surface area contributed by atoms with E-state index in [4.69, 9.17) is 4.74 Å². The molecule has 0 aliphatic heterocycles. The number of rotatable bonds is 6. The van der Waals surface area contributed by atoms with E-state index in [0.29, 0.717) is 0 Å². The van der Waals surface area contributed by atoms with Crippen LogP contribution in [-0.4, -0.2) is 23.9 Å². The van der Waals surface area contributed by atoms with Crippen LogP contribution in [0.25, 0.3) is 11.3 Å². The summed E-state index contributed by atoms with van der Waals surface area (Å²) < 4.78 is 5.59. The Hall–Kier alpha value is -1.81. The molecule has 2 aromatic rings. The first-order valence-corrected chi connectivity index (χ1v) is 6.68. The van der Waals surface area contributed by atoms with Crippen LogP contribution in [0.5, 0.6) is 5.75 Å². The highest BCUT2D eigenvalue weighted by Crippen LogP contribution is 2.25. The van der Waals surface area contributed by atoms with Gasteiger partial charge in [0.25, 0.3) is 0 Å². The number of aromatic nitrogens is 2. The van der Waals surface area contributed by atoms with Crippen molar-refractivity contribution in [2.75, 3.05) is 13.7 Å². The molecule has 0 aliphatic rings. The van der Waals surface area contributed by atoms with E-state index in [9.17, 15) is 0 Å². The van der Waals surface area contributed by atoms with Gasteiger partial charge in [-0.3, -0.25) is 5.10 Å². The molecule has 0 saturated heterocycles. The minimum atomic E-state index is 0.756. The number of aromatic amines is 1. The average Bonchev–Trinajstić information content (AvgIpc) is 2.79. The number of aryl methyl sites for hydroxylation is 1. The van der Waals surface area contributed by atoms with Gasteiger partial charge in [-0.25, -0.2) is 0 Å². The number of hydrogen-bond acceptors (Lipinski definition) is 3. The smallest absolute Gasteiger partial charge is 0.119 e. The van der Waals surface area contributed by atoms with Crippen molar-refractivity contribution in [3.8, 4) is 17.0 Å². The molecule has 19 heavy (non-hydrogen) atoms. The van der Waals surface area contributed by atoms with Gasteiger partial charge in [0.1, 0.15) is 5.75 Å². The summed E-state index contributed by atoms with van der Waals surface area (Å²) in [5, 5.41) is 10.6. The van der Waals surface area contributed by atoms with E-state index >= 15 is 0 Å². The maximum atomic E-state index is 5.59. The third-order valence-corrected chi connectivity index (χ3v) is 3.03. The number of benzene rings is 1. The molecule has 0 aliphatic carbocycles. The SMILES string of the molecule is CCCOc1ccc(-c2n[nH]c(C)c2CNC)cc1. The number of nitrogens with one attached hydrogen (secondary N) is 2. The summed E-state index contributed by atoms with van der Waals surface area (Å²) in [6.07, 6.45) is 1.02. The van der Waals surface area contributed by atoms with E-state index < -0.39 is 0 Å². The predicted molar refractivity (Wildman–Crippen MR) is 77.3 cm³/mol. The van der Waals surface area contributed by atoms with E-state index in [1.165, 1.54) is 5.56 Å². The van der Waals surface area contributed by atoms with Crippen LogP contribution in [0.15, 0.2) is 24.3 Å². The summed E-state index contributed by atoms with van der Waals surface area (Å²) in [6, 6.07) is 8.11. The third-order valence-electron chi connectivity index (χ3n) is 3.03. The van der Waals surface area contributed by atoms with Crippen LogP contribution in [0.2, 0.25) is 0 Å². The molecule has 4 heteroatoms. The van der Waals surface area contributed by atoms with Gasteiger partial charge in [-0.15, -0.1) is 0 Å². The van der Waals surface area contributed by atoms with Crippen molar-refractivity contribution in [1.82, 2.24) is 15.5 Å². The molecule has 1 aromatic carbocycles. The van der Waals surface area contributed by atoms with E-state index in [2.05, 4.69) is 34.6 Å². The normalized spacial score (nSPS) is 10.7. The molecule has 0 amide bonds. The summed E-state index contributed by atoms with van der Waals surface area (Å²) in [5.74, 6) is 0.910. The zero-order chi connectivity index (χ0) is 13.7. The van der Waals surface area contributed by atoms with Gasteiger partial charge < -0.3 is 10.1 Å². The first-order chi connectivity index (χ1) is 9.26. The Morgan fingerprint density at radius 3 is 2.63 bits per heavy atom. The van der Waals surface area contributed by atoms with Crippen molar-refractivity contribution >= 4 is 0 Å². The van der Waals surface area contributed by atoms with Crippen molar-refractivity contribution in [2.45, 2.75) is 26.8 Å². The summed E-state index contributed by atoms with van der Waals surface area (Å²) >= 11 is 0. The fourth-order valence-corrected chi connectivity index (χ4v) is 2.01. The predicted octanol–water partition coefficient (Wildman–Crippen LogP) is 2.89. The molecule has 0 fully saturated rings. The van der Waals surface area contributed by atoms with Crippen LogP contribution >= 0.6 is 0 Å². The maximum absolute atomic E-state index is 5.59. The van der Waals surface area contributed by atoms with Gasteiger partial charge >= 0.3 is 0 Å². The van der Waals surface area contributed by atoms with Gasteiger partial charge in [0, 0.05) is 23.4 Å². The Balaban J connectivity index is 2.22. The quantitative estimate of drug-likeness (QED) is 0.838. The molecule has 2 N–H and O–H groups in total. The lowest BCUT2D eigenvalue weighted by Crippen LogP contribution is -2.06. The Morgan fingerprint density at radius 1 is 1.26 bits per heavy atom. The third kappa shape index (κ3) is 3.15. The largest absolute Gasteiger partial charge is 0.494 e. The molecule has 0 saturated carbocycles. The van der Waals surface area contributed by atoms with Crippen LogP contribution in [0.1, 0.15) is 24.6 Å². The van der Waals surface area contributed by atoms with Crippen molar-refractivity contribution in [3.05, 3.63) is 35.5 Å². The standard InChI is InChI=1S/C15H21N3O/c1-4-9-19-13-7-5-12(6-8-13)15-14(10-16-3)11(2)17-18-15/h5-8,16H,4,9-10H2,1-3H3,(H,17,18). The Bertz CT molecular complexity index is 517. The second kappa shape index (κ2) is 6.38. The topological polar surface area (TPSA) is 49.9 Å². The second-order valence-electron chi connectivity index (χ2n) is 4.58. The molecule has 102 valence electrons. The molecule has 0 bridgehead atoms. The molecule has 1 aromatic heterocycles. The van der Waals surface area contributed by atoms with Crippen LogP contribution < -0.4 is 10.1 Å². The van der Waals surface area contributed by atoms with Gasteiger partial charge in [0.15, 0.2) is 0 Å². The average molecular weight is 259 g/mol. The van der Waals surface area contributed by atoms with Gasteiger partial charge in [-0.2, -0.15) is 5.10 Å².